The van der Waals surface area contributed by atoms with Crippen LogP contribution in [0.3, 0.4) is 0 Å². The monoisotopic (exact) mass is 404 g/mol. The van der Waals surface area contributed by atoms with Gasteiger partial charge in [0, 0.05) is 0 Å². The molecule has 0 fully saturated rings. The Morgan fingerprint density at radius 3 is 1.36 bits per heavy atom. The fraction of sp³-hybridized carbons (Fsp3) is 0.667. The minimum atomic E-state index is -0.806. The molecule has 0 rings (SSSR count). The summed E-state index contributed by atoms with van der Waals surface area (Å²) in [6, 6.07) is 0. The van der Waals surface area contributed by atoms with Gasteiger partial charge in [0.2, 0.25) is 11.8 Å². The summed E-state index contributed by atoms with van der Waals surface area (Å²) in [5.74, 6) is -0.410. The minimum Gasteiger partial charge on any atom is -0.388 e. The Morgan fingerprint density at radius 1 is 0.714 bits per heavy atom. The van der Waals surface area contributed by atoms with E-state index < -0.39 is 12.2 Å². The third kappa shape index (κ3) is 17.6. The van der Waals surface area contributed by atoms with Gasteiger partial charge in [-0.3, -0.25) is 9.59 Å². The quantitative estimate of drug-likeness (QED) is 0.203. The fourth-order valence-corrected chi connectivity index (χ4v) is 1.79. The van der Waals surface area contributed by atoms with Crippen LogP contribution in [0.4, 0.5) is 0 Å². The highest BCUT2D eigenvalue weighted by Gasteiger charge is 2.07. The SMILES string of the molecule is C=CNC(=O)CCOCC(O)COCCOCC(O)COCCC(=O)NC=C. The molecule has 0 aromatic carbocycles. The van der Waals surface area contributed by atoms with Crippen LogP contribution in [0.25, 0.3) is 0 Å². The van der Waals surface area contributed by atoms with Gasteiger partial charge < -0.3 is 39.8 Å². The van der Waals surface area contributed by atoms with Crippen LogP contribution in [-0.4, -0.2) is 87.1 Å². The molecule has 0 bridgehead atoms. The van der Waals surface area contributed by atoms with Crippen molar-refractivity contribution in [3.8, 4) is 0 Å². The Morgan fingerprint density at radius 2 is 1.04 bits per heavy atom. The molecular formula is C18H32N2O8. The van der Waals surface area contributed by atoms with Gasteiger partial charge in [0.05, 0.1) is 65.7 Å². The number of hydrogen-bond acceptors (Lipinski definition) is 8. The third-order valence-electron chi connectivity index (χ3n) is 3.09. The Kier molecular flexibility index (Phi) is 17.3. The van der Waals surface area contributed by atoms with Crippen molar-refractivity contribution in [2.75, 3.05) is 52.9 Å². The Bertz CT molecular complexity index is 407. The maximum atomic E-state index is 11.1. The van der Waals surface area contributed by atoms with Gasteiger partial charge in [-0.25, -0.2) is 0 Å². The van der Waals surface area contributed by atoms with Crippen molar-refractivity contribution < 1.29 is 38.7 Å². The molecule has 0 aliphatic heterocycles. The van der Waals surface area contributed by atoms with Crippen LogP contribution >= 0.6 is 0 Å². The number of ether oxygens (including phenoxy) is 4. The molecule has 0 heterocycles. The molecule has 0 aromatic rings. The molecule has 162 valence electrons. The highest BCUT2D eigenvalue weighted by Crippen LogP contribution is 1.93. The zero-order valence-corrected chi connectivity index (χ0v) is 16.1. The molecule has 0 aromatic heterocycles. The second kappa shape index (κ2) is 18.5. The highest BCUT2D eigenvalue weighted by molar-refractivity contribution is 5.77. The Labute approximate surface area is 165 Å². The number of hydrogen-bond donors (Lipinski definition) is 4. The van der Waals surface area contributed by atoms with Crippen molar-refractivity contribution in [1.82, 2.24) is 10.6 Å². The lowest BCUT2D eigenvalue weighted by Crippen LogP contribution is -2.26. The van der Waals surface area contributed by atoms with Crippen molar-refractivity contribution in [2.45, 2.75) is 25.0 Å². The molecule has 0 aliphatic carbocycles. The van der Waals surface area contributed by atoms with Crippen LogP contribution in [0.15, 0.2) is 25.6 Å². The van der Waals surface area contributed by atoms with Gasteiger partial charge in [0.15, 0.2) is 0 Å². The standard InChI is InChI=1S/C18H32N2O8/c1-3-19-17(23)5-7-25-11-15(21)13-27-9-10-28-14-16(22)12-26-8-6-18(24)20-4-2/h3-4,15-16,21-22H,1-2,5-14H2,(H,19,23)(H,20,24). The van der Waals surface area contributed by atoms with Gasteiger partial charge in [-0.1, -0.05) is 13.2 Å². The van der Waals surface area contributed by atoms with Crippen LogP contribution < -0.4 is 10.6 Å². The summed E-state index contributed by atoms with van der Waals surface area (Å²) >= 11 is 0. The summed E-state index contributed by atoms with van der Waals surface area (Å²) in [6.07, 6.45) is 1.35. The van der Waals surface area contributed by atoms with Gasteiger partial charge in [-0.05, 0) is 12.4 Å². The van der Waals surface area contributed by atoms with E-state index in [1.165, 1.54) is 12.4 Å². The summed E-state index contributed by atoms with van der Waals surface area (Å²) < 4.78 is 20.8. The van der Waals surface area contributed by atoms with Crippen molar-refractivity contribution >= 4 is 11.8 Å². The molecule has 0 saturated carbocycles. The zero-order chi connectivity index (χ0) is 21.0. The number of carbonyl (C=O) groups excluding carboxylic acids is 2. The lowest BCUT2D eigenvalue weighted by Gasteiger charge is -2.13. The summed E-state index contributed by atoms with van der Waals surface area (Å²) in [6.45, 7) is 7.88. The first-order valence-corrected chi connectivity index (χ1v) is 8.97. The second-order valence-electron chi connectivity index (χ2n) is 5.65. The molecule has 0 radical (unpaired) electrons. The average Bonchev–Trinajstić information content (AvgIpc) is 2.65. The fourth-order valence-electron chi connectivity index (χ4n) is 1.79. The van der Waals surface area contributed by atoms with E-state index >= 15 is 0 Å². The topological polar surface area (TPSA) is 136 Å². The van der Waals surface area contributed by atoms with Crippen molar-refractivity contribution in [3.63, 3.8) is 0 Å². The van der Waals surface area contributed by atoms with E-state index in [4.69, 9.17) is 18.9 Å². The summed E-state index contributed by atoms with van der Waals surface area (Å²) in [4.78, 5) is 22.2. The smallest absolute Gasteiger partial charge is 0.226 e. The number of aliphatic hydroxyl groups excluding tert-OH is 2. The third-order valence-corrected chi connectivity index (χ3v) is 3.09. The van der Waals surface area contributed by atoms with Crippen molar-refractivity contribution in [1.29, 1.82) is 0 Å². The first-order valence-electron chi connectivity index (χ1n) is 8.97. The predicted molar refractivity (Wildman–Crippen MR) is 101 cm³/mol. The van der Waals surface area contributed by atoms with Crippen LogP contribution in [0.1, 0.15) is 12.8 Å². The number of nitrogens with one attached hydrogen (secondary N) is 2. The molecule has 0 spiro atoms. The van der Waals surface area contributed by atoms with Crippen LogP contribution in [0, 0.1) is 0 Å². The minimum absolute atomic E-state index is 0.0586. The van der Waals surface area contributed by atoms with Crippen LogP contribution in [-0.2, 0) is 28.5 Å². The lowest BCUT2D eigenvalue weighted by atomic mass is 10.4. The van der Waals surface area contributed by atoms with E-state index in [1.54, 1.807) is 0 Å². The number of amides is 2. The van der Waals surface area contributed by atoms with E-state index in [0.29, 0.717) is 0 Å². The number of aliphatic hydroxyl groups is 2. The molecule has 0 aliphatic rings. The van der Waals surface area contributed by atoms with Gasteiger partial charge in [-0.15, -0.1) is 0 Å². The number of rotatable bonds is 19. The second-order valence-corrected chi connectivity index (χ2v) is 5.65. The van der Waals surface area contributed by atoms with Crippen molar-refractivity contribution in [2.24, 2.45) is 0 Å². The average molecular weight is 404 g/mol. The van der Waals surface area contributed by atoms with Crippen molar-refractivity contribution in [3.05, 3.63) is 25.6 Å². The zero-order valence-electron chi connectivity index (χ0n) is 16.1. The van der Waals surface area contributed by atoms with Gasteiger partial charge in [0.25, 0.3) is 0 Å². The van der Waals surface area contributed by atoms with Crippen LogP contribution in [0.2, 0.25) is 0 Å². The molecule has 10 nitrogen and oxygen atoms in total. The van der Waals surface area contributed by atoms with E-state index in [1.807, 2.05) is 0 Å². The molecular weight excluding hydrogens is 372 g/mol. The molecule has 2 amide bonds. The Balaban J connectivity index is 3.42. The Hall–Kier alpha value is -1.82. The van der Waals surface area contributed by atoms with Crippen LogP contribution in [0.5, 0.6) is 0 Å². The summed E-state index contributed by atoms with van der Waals surface area (Å²) in [5.41, 5.74) is 0. The highest BCUT2D eigenvalue weighted by atomic mass is 16.5. The maximum absolute atomic E-state index is 11.1. The first-order chi connectivity index (χ1) is 13.5. The molecule has 0 saturated heterocycles. The van der Waals surface area contributed by atoms with E-state index in [2.05, 4.69) is 23.8 Å². The van der Waals surface area contributed by atoms with Gasteiger partial charge >= 0.3 is 0 Å². The molecule has 28 heavy (non-hydrogen) atoms. The molecule has 2 atom stereocenters. The van der Waals surface area contributed by atoms with E-state index in [0.717, 1.165) is 0 Å². The van der Waals surface area contributed by atoms with E-state index in [-0.39, 0.29) is 77.5 Å². The lowest BCUT2D eigenvalue weighted by molar-refractivity contribution is -0.122. The molecule has 10 heteroatoms. The van der Waals surface area contributed by atoms with Gasteiger partial charge in [-0.2, -0.15) is 0 Å². The van der Waals surface area contributed by atoms with Gasteiger partial charge in [0.1, 0.15) is 12.2 Å². The summed E-state index contributed by atoms with van der Waals surface area (Å²) in [5, 5.41) is 24.2. The first kappa shape index (κ1) is 26.2. The normalized spacial score (nSPS) is 12.8. The number of carbonyl (C=O) groups is 2. The summed E-state index contributed by atoms with van der Waals surface area (Å²) in [7, 11) is 0. The maximum Gasteiger partial charge on any atom is 0.226 e. The largest absolute Gasteiger partial charge is 0.388 e. The molecule has 2 unspecified atom stereocenters. The molecule has 4 N–H and O–H groups in total. The van der Waals surface area contributed by atoms with E-state index in [9.17, 15) is 19.8 Å². The predicted octanol–water partition coefficient (Wildman–Crippen LogP) is -0.926.